The van der Waals surface area contributed by atoms with Crippen molar-refractivity contribution in [3.05, 3.63) is 64.2 Å². The normalized spacial score (nSPS) is 16.2. The summed E-state index contributed by atoms with van der Waals surface area (Å²) in [4.78, 5) is 39.3. The summed E-state index contributed by atoms with van der Waals surface area (Å²) in [7, 11) is 1.57. The first-order valence-corrected chi connectivity index (χ1v) is 9.96. The fourth-order valence-electron chi connectivity index (χ4n) is 3.54. The average molecular weight is 414 g/mol. The summed E-state index contributed by atoms with van der Waals surface area (Å²) in [5.74, 6) is -0.744. The number of hydrogen-bond acceptors (Lipinski definition) is 3. The molecule has 0 aliphatic carbocycles. The third-order valence-electron chi connectivity index (χ3n) is 5.23. The van der Waals surface area contributed by atoms with E-state index < -0.39 is 0 Å². The Bertz CT molecular complexity index is 927. The molecule has 29 heavy (non-hydrogen) atoms. The molecule has 1 unspecified atom stereocenters. The summed E-state index contributed by atoms with van der Waals surface area (Å²) in [6.45, 7) is 2.79. The minimum Gasteiger partial charge on any atom is -0.355 e. The van der Waals surface area contributed by atoms with Gasteiger partial charge >= 0.3 is 0 Å². The van der Waals surface area contributed by atoms with Crippen LogP contribution in [0, 0.1) is 12.8 Å². The van der Waals surface area contributed by atoms with Crippen molar-refractivity contribution >= 4 is 35.0 Å². The molecule has 2 N–H and O–H groups in total. The SMILES string of the molecule is CNC(=O)c1cccc(NC(=O)C2CCCN(C(=O)c3ccc(Cl)cc3)C2)c1C. The summed E-state index contributed by atoms with van der Waals surface area (Å²) in [6.07, 6.45) is 1.47. The van der Waals surface area contributed by atoms with Gasteiger partial charge in [-0.1, -0.05) is 17.7 Å². The van der Waals surface area contributed by atoms with Gasteiger partial charge in [-0.25, -0.2) is 0 Å². The number of amides is 3. The van der Waals surface area contributed by atoms with E-state index in [9.17, 15) is 14.4 Å². The molecule has 2 aromatic carbocycles. The van der Waals surface area contributed by atoms with Gasteiger partial charge in [-0.3, -0.25) is 14.4 Å². The lowest BCUT2D eigenvalue weighted by molar-refractivity contribution is -0.121. The van der Waals surface area contributed by atoms with Gasteiger partial charge in [0.15, 0.2) is 0 Å². The van der Waals surface area contributed by atoms with E-state index in [1.165, 1.54) is 0 Å². The largest absolute Gasteiger partial charge is 0.355 e. The van der Waals surface area contributed by atoms with Gasteiger partial charge < -0.3 is 15.5 Å². The van der Waals surface area contributed by atoms with Crippen molar-refractivity contribution in [2.75, 3.05) is 25.5 Å². The topological polar surface area (TPSA) is 78.5 Å². The van der Waals surface area contributed by atoms with E-state index in [2.05, 4.69) is 10.6 Å². The van der Waals surface area contributed by atoms with E-state index in [4.69, 9.17) is 11.6 Å². The number of likely N-dealkylation sites (tertiary alicyclic amines) is 1. The molecule has 3 amide bonds. The number of nitrogens with zero attached hydrogens (tertiary/aromatic N) is 1. The molecule has 0 aromatic heterocycles. The van der Waals surface area contributed by atoms with Crippen molar-refractivity contribution in [1.82, 2.24) is 10.2 Å². The molecular weight excluding hydrogens is 390 g/mol. The van der Waals surface area contributed by atoms with Crippen molar-refractivity contribution < 1.29 is 14.4 Å². The van der Waals surface area contributed by atoms with Gasteiger partial charge in [0.2, 0.25) is 5.91 Å². The predicted molar refractivity (Wildman–Crippen MR) is 113 cm³/mol. The first kappa shape index (κ1) is 20.9. The lowest BCUT2D eigenvalue weighted by Crippen LogP contribution is -2.43. The van der Waals surface area contributed by atoms with Crippen LogP contribution < -0.4 is 10.6 Å². The number of piperidine rings is 1. The molecule has 2 aromatic rings. The quantitative estimate of drug-likeness (QED) is 0.805. The van der Waals surface area contributed by atoms with Crippen LogP contribution in [0.4, 0.5) is 5.69 Å². The molecule has 3 rings (SSSR count). The zero-order valence-corrected chi connectivity index (χ0v) is 17.3. The molecule has 0 bridgehead atoms. The maximum absolute atomic E-state index is 12.9. The van der Waals surface area contributed by atoms with Gasteiger partial charge in [0.05, 0.1) is 5.92 Å². The lowest BCUT2D eigenvalue weighted by atomic mass is 9.96. The Labute approximate surface area is 175 Å². The van der Waals surface area contributed by atoms with Gasteiger partial charge in [0.1, 0.15) is 0 Å². The van der Waals surface area contributed by atoms with Crippen LogP contribution in [0.15, 0.2) is 42.5 Å². The number of benzene rings is 2. The first-order chi connectivity index (χ1) is 13.9. The summed E-state index contributed by atoms with van der Waals surface area (Å²) in [5.41, 5.74) is 2.40. The lowest BCUT2D eigenvalue weighted by Gasteiger charge is -2.32. The van der Waals surface area contributed by atoms with Crippen molar-refractivity contribution in [3.63, 3.8) is 0 Å². The highest BCUT2D eigenvalue weighted by atomic mass is 35.5. The summed E-state index contributed by atoms with van der Waals surface area (Å²) in [6, 6.07) is 12.0. The number of halogens is 1. The second kappa shape index (κ2) is 9.09. The summed E-state index contributed by atoms with van der Waals surface area (Å²) < 4.78 is 0. The number of carbonyl (C=O) groups excluding carboxylic acids is 3. The maximum atomic E-state index is 12.9. The molecule has 1 aliphatic rings. The molecule has 1 saturated heterocycles. The Balaban J connectivity index is 1.69. The first-order valence-electron chi connectivity index (χ1n) is 9.58. The van der Waals surface area contributed by atoms with E-state index >= 15 is 0 Å². The second-order valence-electron chi connectivity index (χ2n) is 7.14. The molecule has 7 heteroatoms. The Morgan fingerprint density at radius 3 is 2.52 bits per heavy atom. The molecule has 6 nitrogen and oxygen atoms in total. The maximum Gasteiger partial charge on any atom is 0.253 e. The number of nitrogens with one attached hydrogen (secondary N) is 2. The van der Waals surface area contributed by atoms with Crippen LogP contribution in [-0.2, 0) is 4.79 Å². The van der Waals surface area contributed by atoms with Gasteiger partial charge in [0, 0.05) is 42.0 Å². The molecule has 1 aliphatic heterocycles. The fourth-order valence-corrected chi connectivity index (χ4v) is 3.66. The van der Waals surface area contributed by atoms with Crippen LogP contribution in [0.2, 0.25) is 5.02 Å². The van der Waals surface area contributed by atoms with E-state index in [0.29, 0.717) is 46.9 Å². The van der Waals surface area contributed by atoms with Crippen molar-refractivity contribution in [3.8, 4) is 0 Å². The second-order valence-corrected chi connectivity index (χ2v) is 7.58. The number of anilines is 1. The molecule has 0 radical (unpaired) electrons. The Morgan fingerprint density at radius 2 is 1.83 bits per heavy atom. The zero-order valence-electron chi connectivity index (χ0n) is 16.5. The van der Waals surface area contributed by atoms with E-state index in [0.717, 1.165) is 6.42 Å². The summed E-state index contributed by atoms with van der Waals surface area (Å²) in [5, 5.41) is 6.11. The molecule has 0 spiro atoms. The van der Waals surface area contributed by atoms with Crippen LogP contribution in [0.5, 0.6) is 0 Å². The third-order valence-corrected chi connectivity index (χ3v) is 5.49. The highest BCUT2D eigenvalue weighted by Gasteiger charge is 2.29. The molecule has 152 valence electrons. The van der Waals surface area contributed by atoms with Gasteiger partial charge in [0.25, 0.3) is 11.8 Å². The minimum absolute atomic E-state index is 0.100. The van der Waals surface area contributed by atoms with Crippen LogP contribution in [0.3, 0.4) is 0 Å². The predicted octanol–water partition coefficient (Wildman–Crippen LogP) is 3.50. The smallest absolute Gasteiger partial charge is 0.253 e. The zero-order chi connectivity index (χ0) is 21.0. The number of hydrogen-bond donors (Lipinski definition) is 2. The highest BCUT2D eigenvalue weighted by Crippen LogP contribution is 2.24. The van der Waals surface area contributed by atoms with E-state index in [-0.39, 0.29) is 23.6 Å². The van der Waals surface area contributed by atoms with Crippen LogP contribution in [0.1, 0.15) is 39.1 Å². The van der Waals surface area contributed by atoms with Gasteiger partial charge in [-0.2, -0.15) is 0 Å². The molecule has 1 fully saturated rings. The van der Waals surface area contributed by atoms with Crippen molar-refractivity contribution in [2.45, 2.75) is 19.8 Å². The number of rotatable bonds is 4. The van der Waals surface area contributed by atoms with Crippen LogP contribution >= 0.6 is 11.6 Å². The van der Waals surface area contributed by atoms with Gasteiger partial charge in [-0.15, -0.1) is 0 Å². The van der Waals surface area contributed by atoms with Crippen LogP contribution in [0.25, 0.3) is 0 Å². The standard InChI is InChI=1S/C22H24ClN3O3/c1-14-18(21(28)24-2)6-3-7-19(14)25-20(27)16-5-4-12-26(13-16)22(29)15-8-10-17(23)11-9-15/h3,6-11,16H,4-5,12-13H2,1-2H3,(H,24,28)(H,25,27). The average Bonchev–Trinajstić information content (AvgIpc) is 2.74. The number of carbonyl (C=O) groups is 3. The third kappa shape index (κ3) is 4.77. The molecule has 1 atom stereocenters. The van der Waals surface area contributed by atoms with E-state index in [1.54, 1.807) is 61.3 Å². The molecule has 1 heterocycles. The Morgan fingerprint density at radius 1 is 1.10 bits per heavy atom. The molecule has 0 saturated carbocycles. The monoisotopic (exact) mass is 413 g/mol. The van der Waals surface area contributed by atoms with Crippen molar-refractivity contribution in [1.29, 1.82) is 0 Å². The van der Waals surface area contributed by atoms with Crippen LogP contribution in [-0.4, -0.2) is 42.8 Å². The Kier molecular flexibility index (Phi) is 6.54. The Hall–Kier alpha value is -2.86. The van der Waals surface area contributed by atoms with E-state index in [1.807, 2.05) is 0 Å². The fraction of sp³-hybridized carbons (Fsp3) is 0.318. The minimum atomic E-state index is -0.303. The molecular formula is C22H24ClN3O3. The van der Waals surface area contributed by atoms with Crippen molar-refractivity contribution in [2.24, 2.45) is 5.92 Å². The summed E-state index contributed by atoms with van der Waals surface area (Å²) >= 11 is 5.89. The highest BCUT2D eigenvalue weighted by molar-refractivity contribution is 6.30. The van der Waals surface area contributed by atoms with Gasteiger partial charge in [-0.05, 0) is 61.7 Å².